The summed E-state index contributed by atoms with van der Waals surface area (Å²) in [6, 6.07) is 59.2. The lowest BCUT2D eigenvalue weighted by Crippen LogP contribution is -2.69. The monoisotopic (exact) mass is 936 g/mol. The molecule has 2 aliphatic heterocycles. The second-order valence-corrected chi connectivity index (χ2v) is 23.0. The Morgan fingerprint density at radius 3 is 1.41 bits per heavy atom. The fourth-order valence-electron chi connectivity index (χ4n) is 9.45. The molecular weight excluding hydrogens is 873 g/mol. The van der Waals surface area contributed by atoms with Crippen LogP contribution in [0.25, 0.3) is 0 Å². The molecule has 0 bridgehead atoms. The van der Waals surface area contributed by atoms with Gasteiger partial charge in [-0.2, -0.15) is 0 Å². The third-order valence-corrected chi connectivity index (χ3v) is 17.9. The van der Waals surface area contributed by atoms with E-state index in [1.807, 2.05) is 140 Å². The molecule has 2 heterocycles. The number of aliphatic hydroxyl groups excluding tert-OH is 1. The van der Waals surface area contributed by atoms with E-state index in [0.29, 0.717) is 12.2 Å². The van der Waals surface area contributed by atoms with Crippen LogP contribution in [0.15, 0.2) is 182 Å². The molecular formula is C57H64O10Si. The van der Waals surface area contributed by atoms with Crippen LogP contribution >= 0.6 is 0 Å². The Hall–Kier alpha value is -5.31. The molecule has 1 N–H and O–H groups in total. The minimum Gasteiger partial charge on any atom is -0.453 e. The zero-order valence-corrected chi connectivity index (χ0v) is 40.5. The van der Waals surface area contributed by atoms with Gasteiger partial charge in [0.25, 0.3) is 8.32 Å². The molecule has 2 saturated heterocycles. The smallest absolute Gasteiger partial charge is 0.338 e. The van der Waals surface area contributed by atoms with Crippen molar-refractivity contribution in [2.75, 3.05) is 6.61 Å². The maximum absolute atomic E-state index is 13.7. The zero-order chi connectivity index (χ0) is 47.5. The van der Waals surface area contributed by atoms with Crippen LogP contribution in [0.5, 0.6) is 0 Å². The highest BCUT2D eigenvalue weighted by Gasteiger charge is 2.55. The molecule has 2 fully saturated rings. The third kappa shape index (κ3) is 11.6. The SMILES string of the molecule is CC1OC(CO[Si](c2ccccc2)(c2ccccc2)C(C)(C)C)C(OC2OC(C)C(OCc3ccccc3)C(OCc3ccccc3)C2OCc2ccccc2)C(O)C1OC(=O)c1ccccc1. The first-order chi connectivity index (χ1) is 33.0. The highest BCUT2D eigenvalue weighted by Crippen LogP contribution is 2.39. The lowest BCUT2D eigenvalue weighted by atomic mass is 9.94. The average Bonchev–Trinajstić information content (AvgIpc) is 3.36. The van der Waals surface area contributed by atoms with E-state index in [9.17, 15) is 9.90 Å². The summed E-state index contributed by atoms with van der Waals surface area (Å²) in [4.78, 5) is 13.7. The molecule has 8 rings (SSSR count). The Bertz CT molecular complexity index is 2390. The first-order valence-corrected chi connectivity index (χ1v) is 25.5. The van der Waals surface area contributed by atoms with Crippen molar-refractivity contribution in [3.8, 4) is 0 Å². The van der Waals surface area contributed by atoms with Gasteiger partial charge in [-0.05, 0) is 58.1 Å². The number of carbonyl (C=O) groups excluding carboxylic acids is 1. The van der Waals surface area contributed by atoms with Crippen LogP contribution in [0.4, 0.5) is 0 Å². The van der Waals surface area contributed by atoms with E-state index >= 15 is 0 Å². The molecule has 10 atom stereocenters. The van der Waals surface area contributed by atoms with Crippen LogP contribution in [-0.4, -0.2) is 87.2 Å². The largest absolute Gasteiger partial charge is 0.453 e. The second kappa shape index (κ2) is 22.9. The van der Waals surface area contributed by atoms with Gasteiger partial charge in [-0.15, -0.1) is 0 Å². The van der Waals surface area contributed by atoms with Crippen molar-refractivity contribution in [1.29, 1.82) is 0 Å². The Morgan fingerprint density at radius 2 is 0.941 bits per heavy atom. The molecule has 0 amide bonds. The molecule has 0 saturated carbocycles. The number of carbonyl (C=O) groups is 1. The van der Waals surface area contributed by atoms with Gasteiger partial charge in [0.15, 0.2) is 12.4 Å². The van der Waals surface area contributed by atoms with Crippen molar-refractivity contribution < 1.29 is 47.5 Å². The van der Waals surface area contributed by atoms with Crippen molar-refractivity contribution in [2.24, 2.45) is 0 Å². The summed E-state index contributed by atoms with van der Waals surface area (Å²) in [5.41, 5.74) is 3.26. The molecule has 10 unspecified atom stereocenters. The predicted molar refractivity (Wildman–Crippen MR) is 264 cm³/mol. The minimum absolute atomic E-state index is 0.0350. The quantitative estimate of drug-likeness (QED) is 0.0664. The van der Waals surface area contributed by atoms with Gasteiger partial charge in [0, 0.05) is 0 Å². The summed E-state index contributed by atoms with van der Waals surface area (Å²) in [6.45, 7) is 11.2. The number of benzene rings is 6. The molecule has 2 aliphatic rings. The molecule has 0 spiro atoms. The highest BCUT2D eigenvalue weighted by atomic mass is 28.4. The van der Waals surface area contributed by atoms with Crippen LogP contribution in [0.2, 0.25) is 5.04 Å². The summed E-state index contributed by atoms with van der Waals surface area (Å²) in [6.07, 6.45) is -9.14. The van der Waals surface area contributed by atoms with E-state index in [1.54, 1.807) is 31.2 Å². The first-order valence-electron chi connectivity index (χ1n) is 23.6. The van der Waals surface area contributed by atoms with Gasteiger partial charge in [-0.3, -0.25) is 0 Å². The van der Waals surface area contributed by atoms with E-state index in [1.165, 1.54) is 0 Å². The minimum atomic E-state index is -3.12. The molecule has 6 aromatic rings. The predicted octanol–water partition coefficient (Wildman–Crippen LogP) is 8.82. The van der Waals surface area contributed by atoms with Crippen molar-refractivity contribution in [2.45, 2.75) is 121 Å². The molecule has 356 valence electrons. The van der Waals surface area contributed by atoms with Crippen LogP contribution < -0.4 is 10.4 Å². The van der Waals surface area contributed by atoms with Gasteiger partial charge in [-0.1, -0.05) is 191 Å². The van der Waals surface area contributed by atoms with Crippen molar-refractivity contribution in [3.63, 3.8) is 0 Å². The summed E-state index contributed by atoms with van der Waals surface area (Å²) in [5.74, 6) is -0.592. The lowest BCUT2D eigenvalue weighted by Gasteiger charge is -2.49. The Balaban J connectivity index is 1.17. The maximum Gasteiger partial charge on any atom is 0.338 e. The Kier molecular flexibility index (Phi) is 16.5. The number of rotatable bonds is 18. The highest BCUT2D eigenvalue weighted by molar-refractivity contribution is 6.99. The van der Waals surface area contributed by atoms with Gasteiger partial charge < -0.3 is 42.7 Å². The summed E-state index contributed by atoms with van der Waals surface area (Å²) in [5, 5.41) is 14.5. The molecule has 0 radical (unpaired) electrons. The van der Waals surface area contributed by atoms with Gasteiger partial charge in [0.2, 0.25) is 0 Å². The summed E-state index contributed by atoms with van der Waals surface area (Å²) >= 11 is 0. The molecule has 68 heavy (non-hydrogen) atoms. The Labute approximate surface area is 402 Å². The second-order valence-electron chi connectivity index (χ2n) is 18.7. The molecule has 10 nitrogen and oxygen atoms in total. The van der Waals surface area contributed by atoms with E-state index in [-0.39, 0.29) is 24.9 Å². The number of esters is 1. The van der Waals surface area contributed by atoms with Crippen LogP contribution in [0, 0.1) is 0 Å². The van der Waals surface area contributed by atoms with Crippen molar-refractivity contribution >= 4 is 24.7 Å². The molecule has 0 aliphatic carbocycles. The van der Waals surface area contributed by atoms with Crippen LogP contribution in [0.1, 0.15) is 61.7 Å². The number of hydrogen-bond acceptors (Lipinski definition) is 10. The number of ether oxygens (including phenoxy) is 7. The summed E-state index contributed by atoms with van der Waals surface area (Å²) in [7, 11) is -3.12. The van der Waals surface area contributed by atoms with Crippen molar-refractivity contribution in [1.82, 2.24) is 0 Å². The first kappa shape index (κ1) is 49.1. The molecule has 11 heteroatoms. The topological polar surface area (TPSA) is 111 Å². The van der Waals surface area contributed by atoms with Gasteiger partial charge >= 0.3 is 5.97 Å². The van der Waals surface area contributed by atoms with Crippen LogP contribution in [0.3, 0.4) is 0 Å². The van der Waals surface area contributed by atoms with Crippen molar-refractivity contribution in [3.05, 3.63) is 204 Å². The van der Waals surface area contributed by atoms with Gasteiger partial charge in [-0.25, -0.2) is 4.79 Å². The van der Waals surface area contributed by atoms with E-state index in [4.69, 9.17) is 37.6 Å². The fourth-order valence-corrected chi connectivity index (χ4v) is 14.0. The zero-order valence-electron chi connectivity index (χ0n) is 39.5. The molecule has 6 aromatic carbocycles. The normalized spacial score (nSPS) is 25.4. The van der Waals surface area contributed by atoms with E-state index < -0.39 is 75.5 Å². The third-order valence-electron chi connectivity index (χ3n) is 12.9. The Morgan fingerprint density at radius 1 is 0.529 bits per heavy atom. The number of aliphatic hydroxyl groups is 1. The fraction of sp³-hybridized carbons (Fsp3) is 0.351. The average molecular weight is 937 g/mol. The van der Waals surface area contributed by atoms with Crippen LogP contribution in [-0.2, 0) is 57.4 Å². The lowest BCUT2D eigenvalue weighted by molar-refractivity contribution is -0.351. The maximum atomic E-state index is 13.7. The molecule has 0 aromatic heterocycles. The van der Waals surface area contributed by atoms with E-state index in [2.05, 4.69) is 45.0 Å². The summed E-state index contributed by atoms with van der Waals surface area (Å²) < 4.78 is 54.9. The van der Waals surface area contributed by atoms with E-state index in [0.717, 1.165) is 27.1 Å². The number of hydrogen-bond donors (Lipinski definition) is 1. The van der Waals surface area contributed by atoms with Gasteiger partial charge in [0.1, 0.15) is 36.6 Å². The standard InChI is InChI=1S/C57H64O10Si/c1-40-50(66-55(59)45-30-18-9-19-31-45)49(58)52(48(64-40)39-63-68(57(3,4)5,46-32-20-10-21-33-46)47-34-22-11-23-35-47)67-56-54(62-38-44-28-16-8-17-29-44)53(61-37-43-26-14-7-15-27-43)51(41(2)65-56)60-36-42-24-12-6-13-25-42/h6-35,40-41,48-54,56,58H,36-39H2,1-5H3. The van der Waals surface area contributed by atoms with Gasteiger partial charge in [0.05, 0.1) is 44.2 Å².